The summed E-state index contributed by atoms with van der Waals surface area (Å²) in [6.45, 7) is 2.87. The van der Waals surface area contributed by atoms with E-state index in [1.165, 1.54) is 17.9 Å². The average Bonchev–Trinajstić information content (AvgIpc) is 2.94. The minimum absolute atomic E-state index is 0.158. The van der Waals surface area contributed by atoms with Crippen LogP contribution in [0.25, 0.3) is 5.57 Å². The molecule has 1 saturated heterocycles. The fourth-order valence-electron chi connectivity index (χ4n) is 2.87. The normalized spacial score (nSPS) is 20.6. The molecule has 1 fully saturated rings. The predicted molar refractivity (Wildman–Crippen MR) is 86.1 cm³/mol. The summed E-state index contributed by atoms with van der Waals surface area (Å²) >= 11 is 0. The van der Waals surface area contributed by atoms with Gasteiger partial charge in [-0.2, -0.15) is 0 Å². The Kier molecular flexibility index (Phi) is 4.80. The number of nitrogens with one attached hydrogen (secondary N) is 1. The Hall–Kier alpha value is -2.41. The highest BCUT2D eigenvalue weighted by molar-refractivity contribution is 5.90. The van der Waals surface area contributed by atoms with Crippen molar-refractivity contribution in [2.45, 2.75) is 19.4 Å². The van der Waals surface area contributed by atoms with Crippen LogP contribution in [-0.2, 0) is 14.3 Å². The molecular weight excluding hydrogens is 315 g/mol. The molecule has 2 heterocycles. The smallest absolute Gasteiger partial charge is 0.414 e. The van der Waals surface area contributed by atoms with Gasteiger partial charge in [0.1, 0.15) is 12.4 Å². The first kappa shape index (κ1) is 16.4. The van der Waals surface area contributed by atoms with Gasteiger partial charge in [0, 0.05) is 19.0 Å². The number of ether oxygens (including phenoxy) is 2. The maximum atomic E-state index is 14.5. The molecule has 1 N–H and O–H groups in total. The number of halogens is 1. The molecule has 24 heavy (non-hydrogen) atoms. The summed E-state index contributed by atoms with van der Waals surface area (Å²) in [4.78, 5) is 24.4. The van der Waals surface area contributed by atoms with Crippen molar-refractivity contribution < 1.29 is 23.5 Å². The Morgan fingerprint density at radius 3 is 2.96 bits per heavy atom. The molecule has 0 unspecified atom stereocenters. The lowest BCUT2D eigenvalue weighted by Gasteiger charge is -2.22. The molecule has 128 valence electrons. The maximum absolute atomic E-state index is 14.5. The lowest BCUT2D eigenvalue weighted by atomic mass is 10.0. The Bertz CT molecular complexity index is 689. The van der Waals surface area contributed by atoms with Crippen LogP contribution < -0.4 is 10.2 Å². The van der Waals surface area contributed by atoms with Crippen LogP contribution >= 0.6 is 0 Å². The van der Waals surface area contributed by atoms with E-state index in [-0.39, 0.29) is 25.1 Å². The number of nitrogens with zero attached hydrogens (tertiary/aromatic N) is 1. The van der Waals surface area contributed by atoms with Crippen molar-refractivity contribution in [1.82, 2.24) is 5.32 Å². The number of cyclic esters (lactones) is 1. The zero-order chi connectivity index (χ0) is 17.1. The molecule has 2 amide bonds. The second-order valence-corrected chi connectivity index (χ2v) is 5.76. The van der Waals surface area contributed by atoms with E-state index in [0.717, 1.165) is 5.57 Å². The second kappa shape index (κ2) is 7.00. The zero-order valence-corrected chi connectivity index (χ0v) is 13.4. The van der Waals surface area contributed by atoms with Crippen LogP contribution in [0.15, 0.2) is 24.3 Å². The van der Waals surface area contributed by atoms with E-state index in [2.05, 4.69) is 5.32 Å². The van der Waals surface area contributed by atoms with Gasteiger partial charge in [0.25, 0.3) is 0 Å². The van der Waals surface area contributed by atoms with Gasteiger partial charge in [-0.3, -0.25) is 9.69 Å². The second-order valence-electron chi connectivity index (χ2n) is 5.76. The molecule has 0 aliphatic carbocycles. The van der Waals surface area contributed by atoms with Crippen LogP contribution in [0.1, 0.15) is 18.9 Å². The standard InChI is InChI=1S/C17H19FN2O4/c1-11(21)19-9-14-10-24-17(22)20(14)13-2-3-15(16(18)8-13)12-4-6-23-7-5-12/h2-4,8,14H,5-7,9-10H2,1H3,(H,19,21)/t14-/m0/s1. The number of carbonyl (C=O) groups excluding carboxylic acids is 2. The highest BCUT2D eigenvalue weighted by Gasteiger charge is 2.34. The number of anilines is 1. The molecule has 6 nitrogen and oxygen atoms in total. The maximum Gasteiger partial charge on any atom is 0.414 e. The first-order valence-corrected chi connectivity index (χ1v) is 7.83. The van der Waals surface area contributed by atoms with Crippen LogP contribution in [0.4, 0.5) is 14.9 Å². The van der Waals surface area contributed by atoms with Crippen molar-refractivity contribution in [3.63, 3.8) is 0 Å². The molecule has 0 spiro atoms. The largest absolute Gasteiger partial charge is 0.447 e. The summed E-state index contributed by atoms with van der Waals surface area (Å²) in [6, 6.07) is 4.35. The Morgan fingerprint density at radius 1 is 1.46 bits per heavy atom. The third kappa shape index (κ3) is 3.41. The van der Waals surface area contributed by atoms with Crippen LogP contribution in [-0.4, -0.2) is 44.4 Å². The van der Waals surface area contributed by atoms with Crippen molar-refractivity contribution in [3.05, 3.63) is 35.7 Å². The molecule has 0 saturated carbocycles. The molecular formula is C17H19FN2O4. The summed E-state index contributed by atoms with van der Waals surface area (Å²) in [5.41, 5.74) is 1.85. The number of amides is 2. The number of carbonyl (C=O) groups is 2. The van der Waals surface area contributed by atoms with E-state index in [9.17, 15) is 14.0 Å². The molecule has 0 radical (unpaired) electrons. The van der Waals surface area contributed by atoms with E-state index >= 15 is 0 Å². The van der Waals surface area contributed by atoms with Crippen LogP contribution in [0, 0.1) is 5.82 Å². The van der Waals surface area contributed by atoms with E-state index in [0.29, 0.717) is 30.9 Å². The lowest BCUT2D eigenvalue weighted by molar-refractivity contribution is -0.119. The van der Waals surface area contributed by atoms with Crippen molar-refractivity contribution in [2.75, 3.05) is 31.3 Å². The molecule has 2 aliphatic heterocycles. The van der Waals surface area contributed by atoms with Crippen molar-refractivity contribution in [1.29, 1.82) is 0 Å². The van der Waals surface area contributed by atoms with Gasteiger partial charge in [-0.1, -0.05) is 6.08 Å². The van der Waals surface area contributed by atoms with Gasteiger partial charge in [-0.25, -0.2) is 9.18 Å². The molecule has 0 bridgehead atoms. The molecule has 0 aromatic heterocycles. The van der Waals surface area contributed by atoms with Gasteiger partial charge in [0.05, 0.1) is 24.9 Å². The molecule has 7 heteroatoms. The lowest BCUT2D eigenvalue weighted by Crippen LogP contribution is -2.42. The van der Waals surface area contributed by atoms with Gasteiger partial charge < -0.3 is 14.8 Å². The number of rotatable bonds is 4. The fourth-order valence-corrected chi connectivity index (χ4v) is 2.87. The molecule has 3 rings (SSSR count). The summed E-state index contributed by atoms with van der Waals surface area (Å²) in [5, 5.41) is 2.66. The Balaban J connectivity index is 1.82. The fraction of sp³-hybridized carbons (Fsp3) is 0.412. The zero-order valence-electron chi connectivity index (χ0n) is 13.4. The topological polar surface area (TPSA) is 67.9 Å². The van der Waals surface area contributed by atoms with Gasteiger partial charge in [0.15, 0.2) is 0 Å². The minimum atomic E-state index is -0.539. The quantitative estimate of drug-likeness (QED) is 0.915. The average molecular weight is 334 g/mol. The van der Waals surface area contributed by atoms with Crippen molar-refractivity contribution in [2.24, 2.45) is 0 Å². The van der Waals surface area contributed by atoms with E-state index < -0.39 is 11.9 Å². The third-order valence-electron chi connectivity index (χ3n) is 4.09. The van der Waals surface area contributed by atoms with E-state index in [1.54, 1.807) is 12.1 Å². The molecule has 1 aromatic carbocycles. The molecule has 2 aliphatic rings. The highest BCUT2D eigenvalue weighted by atomic mass is 19.1. The minimum Gasteiger partial charge on any atom is -0.447 e. The van der Waals surface area contributed by atoms with Gasteiger partial charge in [-0.15, -0.1) is 0 Å². The Labute approximate surface area is 139 Å². The van der Waals surface area contributed by atoms with Crippen LogP contribution in [0.2, 0.25) is 0 Å². The van der Waals surface area contributed by atoms with Crippen molar-refractivity contribution >= 4 is 23.3 Å². The first-order chi connectivity index (χ1) is 11.6. The summed E-state index contributed by atoms with van der Waals surface area (Å²) < 4.78 is 24.8. The van der Waals surface area contributed by atoms with E-state index in [4.69, 9.17) is 9.47 Å². The summed E-state index contributed by atoms with van der Waals surface area (Å²) in [6.07, 6.45) is 1.99. The third-order valence-corrected chi connectivity index (χ3v) is 4.09. The number of hydrogen-bond acceptors (Lipinski definition) is 4. The van der Waals surface area contributed by atoms with Crippen LogP contribution in [0.3, 0.4) is 0 Å². The summed E-state index contributed by atoms with van der Waals surface area (Å²) in [5.74, 6) is -0.582. The van der Waals surface area contributed by atoms with Gasteiger partial charge in [0.2, 0.25) is 5.91 Å². The van der Waals surface area contributed by atoms with Gasteiger partial charge >= 0.3 is 6.09 Å². The monoisotopic (exact) mass is 334 g/mol. The molecule has 1 atom stereocenters. The summed E-state index contributed by atoms with van der Waals surface area (Å²) in [7, 11) is 0. The predicted octanol–water partition coefficient (Wildman–Crippen LogP) is 2.09. The SMILES string of the molecule is CC(=O)NC[C@H]1COC(=O)N1c1ccc(C2=CCOCC2)c(F)c1. The number of benzene rings is 1. The van der Waals surface area contributed by atoms with Crippen LogP contribution in [0.5, 0.6) is 0 Å². The Morgan fingerprint density at radius 2 is 2.29 bits per heavy atom. The number of hydrogen-bond donors (Lipinski definition) is 1. The van der Waals surface area contributed by atoms with Crippen molar-refractivity contribution in [3.8, 4) is 0 Å². The molecule has 1 aromatic rings. The first-order valence-electron chi connectivity index (χ1n) is 7.83. The highest BCUT2D eigenvalue weighted by Crippen LogP contribution is 2.29. The van der Waals surface area contributed by atoms with E-state index in [1.807, 2.05) is 6.08 Å². The van der Waals surface area contributed by atoms with Gasteiger partial charge in [-0.05, 0) is 30.2 Å².